The zero-order chi connectivity index (χ0) is 7.94. The van der Waals surface area contributed by atoms with E-state index in [1.54, 1.807) is 12.3 Å². The van der Waals surface area contributed by atoms with Crippen molar-refractivity contribution >= 4 is 0 Å². The number of hydrogen-bond donors (Lipinski definition) is 1. The Kier molecular flexibility index (Phi) is 3.19. The molecule has 2 heteroatoms. The third kappa shape index (κ3) is 2.85. The minimum absolute atomic E-state index is 0.970. The van der Waals surface area contributed by atoms with Crippen molar-refractivity contribution in [3.8, 4) is 0 Å². The lowest BCUT2D eigenvalue weighted by molar-refractivity contribution is 0.910. The lowest BCUT2D eigenvalue weighted by Gasteiger charge is -1.88. The maximum atomic E-state index is 4.10. The summed E-state index contributed by atoms with van der Waals surface area (Å²) in [6.45, 7) is 3.58. The van der Waals surface area contributed by atoms with Gasteiger partial charge in [0.15, 0.2) is 0 Å². The summed E-state index contributed by atoms with van der Waals surface area (Å²) in [5.41, 5.74) is 0. The van der Waals surface area contributed by atoms with Gasteiger partial charge in [0, 0.05) is 18.8 Å². The summed E-state index contributed by atoms with van der Waals surface area (Å²) in [7, 11) is 0. The van der Waals surface area contributed by atoms with Crippen LogP contribution < -0.4 is 0 Å². The molecule has 0 saturated carbocycles. The first-order valence-corrected chi connectivity index (χ1v) is 3.69. The molecule has 0 unspecified atom stereocenters. The highest BCUT2D eigenvalue weighted by atomic mass is 14.9. The second kappa shape index (κ2) is 4.50. The van der Waals surface area contributed by atoms with Crippen LogP contribution in [0.2, 0.25) is 0 Å². The van der Waals surface area contributed by atoms with Gasteiger partial charge in [-0.1, -0.05) is 24.8 Å². The van der Waals surface area contributed by atoms with Gasteiger partial charge in [0.2, 0.25) is 0 Å². The number of hydrogen-bond acceptors (Lipinski definition) is 1. The predicted molar refractivity (Wildman–Crippen MR) is 46.2 cm³/mol. The summed E-state index contributed by atoms with van der Waals surface area (Å²) in [5, 5.41) is 0. The normalized spacial score (nSPS) is 10.5. The van der Waals surface area contributed by atoms with Crippen LogP contribution in [0.1, 0.15) is 12.2 Å². The van der Waals surface area contributed by atoms with E-state index in [1.807, 2.05) is 12.3 Å². The van der Waals surface area contributed by atoms with Gasteiger partial charge < -0.3 is 4.98 Å². The number of allylic oxidation sites excluding steroid dienone is 3. The van der Waals surface area contributed by atoms with Crippen LogP contribution in [0.4, 0.5) is 0 Å². The second-order valence-electron chi connectivity index (χ2n) is 2.24. The minimum atomic E-state index is 0.970. The Morgan fingerprint density at radius 1 is 1.64 bits per heavy atom. The van der Waals surface area contributed by atoms with Gasteiger partial charge >= 0.3 is 0 Å². The highest BCUT2D eigenvalue weighted by Crippen LogP contribution is 1.95. The molecule has 1 rings (SSSR count). The summed E-state index contributed by atoms with van der Waals surface area (Å²) in [6, 6.07) is 0. The van der Waals surface area contributed by atoms with E-state index in [9.17, 15) is 0 Å². The van der Waals surface area contributed by atoms with Crippen LogP contribution in [0.15, 0.2) is 37.2 Å². The molecule has 0 bridgehead atoms. The monoisotopic (exact) mass is 148 g/mol. The van der Waals surface area contributed by atoms with E-state index in [2.05, 4.69) is 22.6 Å². The lowest BCUT2D eigenvalue weighted by Crippen LogP contribution is -1.84. The highest BCUT2D eigenvalue weighted by Gasteiger charge is 1.89. The van der Waals surface area contributed by atoms with Crippen LogP contribution in [0.3, 0.4) is 0 Å². The van der Waals surface area contributed by atoms with Crippen molar-refractivity contribution < 1.29 is 0 Å². The number of rotatable bonds is 4. The molecule has 0 radical (unpaired) electrons. The average molecular weight is 148 g/mol. The van der Waals surface area contributed by atoms with Crippen molar-refractivity contribution in [1.82, 2.24) is 9.97 Å². The Balaban J connectivity index is 2.23. The summed E-state index contributed by atoms with van der Waals surface area (Å²) < 4.78 is 0. The first-order valence-electron chi connectivity index (χ1n) is 3.69. The summed E-state index contributed by atoms with van der Waals surface area (Å²) in [5.74, 6) is 1.04. The summed E-state index contributed by atoms with van der Waals surface area (Å²) in [6.07, 6.45) is 11.4. The van der Waals surface area contributed by atoms with Crippen molar-refractivity contribution in [2.75, 3.05) is 0 Å². The molecule has 58 valence electrons. The zero-order valence-corrected chi connectivity index (χ0v) is 6.46. The second-order valence-corrected chi connectivity index (χ2v) is 2.24. The zero-order valence-electron chi connectivity index (χ0n) is 6.46. The van der Waals surface area contributed by atoms with E-state index in [0.717, 1.165) is 18.7 Å². The van der Waals surface area contributed by atoms with Crippen molar-refractivity contribution in [2.24, 2.45) is 0 Å². The molecule has 2 nitrogen and oxygen atoms in total. The molecule has 0 fully saturated rings. The van der Waals surface area contributed by atoms with E-state index in [-0.39, 0.29) is 0 Å². The van der Waals surface area contributed by atoms with E-state index in [1.165, 1.54) is 0 Å². The number of aromatic amines is 1. The largest absolute Gasteiger partial charge is 0.349 e. The molecule has 1 aromatic heterocycles. The van der Waals surface area contributed by atoms with Crippen LogP contribution >= 0.6 is 0 Å². The van der Waals surface area contributed by atoms with Crippen LogP contribution in [-0.4, -0.2) is 9.97 Å². The van der Waals surface area contributed by atoms with E-state index >= 15 is 0 Å². The van der Waals surface area contributed by atoms with Gasteiger partial charge in [-0.15, -0.1) is 0 Å². The van der Waals surface area contributed by atoms with E-state index in [0.29, 0.717) is 0 Å². The molecule has 0 spiro atoms. The third-order valence-corrected chi connectivity index (χ3v) is 1.37. The molecule has 0 aliphatic heterocycles. The number of nitrogens with one attached hydrogen (secondary N) is 1. The predicted octanol–water partition coefficient (Wildman–Crippen LogP) is 2.08. The number of H-pyrrole nitrogens is 1. The first kappa shape index (κ1) is 7.79. The number of imidazole rings is 1. The van der Waals surface area contributed by atoms with Crippen molar-refractivity contribution in [3.05, 3.63) is 43.0 Å². The maximum absolute atomic E-state index is 4.10. The molecule has 11 heavy (non-hydrogen) atoms. The molecule has 0 amide bonds. The van der Waals surface area contributed by atoms with Crippen LogP contribution in [0, 0.1) is 0 Å². The smallest absolute Gasteiger partial charge is 0.106 e. The van der Waals surface area contributed by atoms with Crippen molar-refractivity contribution in [1.29, 1.82) is 0 Å². The molecule has 0 atom stereocenters. The fourth-order valence-electron chi connectivity index (χ4n) is 0.847. The van der Waals surface area contributed by atoms with Gasteiger partial charge in [0.05, 0.1) is 0 Å². The third-order valence-electron chi connectivity index (χ3n) is 1.37. The fraction of sp³-hybridized carbons (Fsp3) is 0.222. The minimum Gasteiger partial charge on any atom is -0.349 e. The van der Waals surface area contributed by atoms with Crippen molar-refractivity contribution in [2.45, 2.75) is 12.8 Å². The lowest BCUT2D eigenvalue weighted by atomic mass is 10.3. The van der Waals surface area contributed by atoms with Crippen LogP contribution in [0.5, 0.6) is 0 Å². The number of aromatic nitrogens is 2. The Bertz CT molecular complexity index is 222. The van der Waals surface area contributed by atoms with E-state index < -0.39 is 0 Å². The van der Waals surface area contributed by atoms with Gasteiger partial charge in [-0.3, -0.25) is 0 Å². The molecule has 1 heterocycles. The molecular weight excluding hydrogens is 136 g/mol. The molecule has 0 aliphatic carbocycles. The Morgan fingerprint density at radius 2 is 2.55 bits per heavy atom. The SMILES string of the molecule is C=CC=CCCc1ncc[nH]1. The Hall–Kier alpha value is -1.31. The number of aryl methyl sites for hydroxylation is 1. The van der Waals surface area contributed by atoms with Crippen LogP contribution in [0.25, 0.3) is 0 Å². The van der Waals surface area contributed by atoms with Crippen molar-refractivity contribution in [3.63, 3.8) is 0 Å². The van der Waals surface area contributed by atoms with Crippen LogP contribution in [-0.2, 0) is 6.42 Å². The topological polar surface area (TPSA) is 28.7 Å². The quantitative estimate of drug-likeness (QED) is 0.651. The Labute approximate surface area is 66.7 Å². The average Bonchev–Trinajstić information content (AvgIpc) is 2.50. The fourth-order valence-corrected chi connectivity index (χ4v) is 0.847. The molecular formula is C9H12N2. The molecule has 1 N–H and O–H groups in total. The Morgan fingerprint density at radius 3 is 3.18 bits per heavy atom. The molecule has 1 aromatic rings. The van der Waals surface area contributed by atoms with Gasteiger partial charge in [0.25, 0.3) is 0 Å². The standard InChI is InChI=1S/C9H12N2/c1-2-3-4-5-6-9-10-7-8-11-9/h2-4,7-8H,1,5-6H2,(H,10,11). The molecule has 0 aliphatic rings. The first-order chi connectivity index (χ1) is 5.43. The maximum Gasteiger partial charge on any atom is 0.106 e. The summed E-state index contributed by atoms with van der Waals surface area (Å²) in [4.78, 5) is 7.14. The molecule has 0 aromatic carbocycles. The molecule has 0 saturated heterocycles. The van der Waals surface area contributed by atoms with Gasteiger partial charge in [-0.2, -0.15) is 0 Å². The number of nitrogens with zero attached hydrogens (tertiary/aromatic N) is 1. The van der Waals surface area contributed by atoms with Gasteiger partial charge in [-0.05, 0) is 6.42 Å². The van der Waals surface area contributed by atoms with E-state index in [4.69, 9.17) is 0 Å². The summed E-state index contributed by atoms with van der Waals surface area (Å²) >= 11 is 0. The van der Waals surface area contributed by atoms with Gasteiger partial charge in [-0.25, -0.2) is 4.98 Å². The highest BCUT2D eigenvalue weighted by molar-refractivity contribution is 4.99. The van der Waals surface area contributed by atoms with Gasteiger partial charge in [0.1, 0.15) is 5.82 Å².